The van der Waals surface area contributed by atoms with Crippen LogP contribution in [-0.2, 0) is 5.41 Å². The first-order chi connectivity index (χ1) is 5.61. The molecule has 0 aromatic carbocycles. The Bertz CT molecular complexity index is 351. The number of nitrogens with zero attached hydrogens (tertiary/aromatic N) is 2. The van der Waals surface area contributed by atoms with Crippen LogP contribution < -0.4 is 0 Å². The molecule has 0 fully saturated rings. The summed E-state index contributed by atoms with van der Waals surface area (Å²) >= 11 is 0. The maximum absolute atomic E-state index is 4.33. The van der Waals surface area contributed by atoms with E-state index in [0.29, 0.717) is 0 Å². The second-order valence-corrected chi connectivity index (χ2v) is 3.84. The van der Waals surface area contributed by atoms with Gasteiger partial charge in [-0.15, -0.1) is 0 Å². The van der Waals surface area contributed by atoms with Crippen LogP contribution >= 0.6 is 0 Å². The molecule has 1 aliphatic heterocycles. The van der Waals surface area contributed by atoms with E-state index < -0.39 is 0 Å². The topological polar surface area (TPSA) is 15.9 Å². The van der Waals surface area contributed by atoms with E-state index >= 15 is 0 Å². The van der Waals surface area contributed by atoms with Crippen molar-refractivity contribution in [2.75, 3.05) is 7.05 Å². The van der Waals surface area contributed by atoms with Crippen molar-refractivity contribution in [2.24, 2.45) is 0 Å². The standard InChI is InChI=1S/C10H13N2/c1-10(2)7-12(3)9-8(10)5-4-6-11-9/h4-7H,1-3H3/q+1. The van der Waals surface area contributed by atoms with Crippen LogP contribution in [0, 0.1) is 0 Å². The van der Waals surface area contributed by atoms with Gasteiger partial charge in [0, 0.05) is 0 Å². The van der Waals surface area contributed by atoms with Gasteiger partial charge in [-0.3, -0.25) is 0 Å². The normalized spacial score (nSPS) is 18.8. The minimum Gasteiger partial charge on any atom is -0.236 e. The van der Waals surface area contributed by atoms with Crippen LogP contribution in [0.5, 0.6) is 0 Å². The summed E-state index contributed by atoms with van der Waals surface area (Å²) < 4.78 is 2.09. The molecule has 0 amide bonds. The zero-order chi connectivity index (χ0) is 8.77. The van der Waals surface area contributed by atoms with Crippen LogP contribution in [0.25, 0.3) is 0 Å². The molecule has 0 atom stereocenters. The lowest BCUT2D eigenvalue weighted by atomic mass is 9.88. The first-order valence-corrected chi connectivity index (χ1v) is 4.15. The SMILES string of the molecule is C[N+]1=CC(C)(C)c2cccnc21. The molecule has 0 aliphatic carbocycles. The molecule has 0 saturated carbocycles. The van der Waals surface area contributed by atoms with Crippen LogP contribution in [0.15, 0.2) is 18.3 Å². The maximum atomic E-state index is 4.33. The Kier molecular flexibility index (Phi) is 1.34. The zero-order valence-corrected chi connectivity index (χ0v) is 7.70. The van der Waals surface area contributed by atoms with Crippen molar-refractivity contribution < 1.29 is 4.58 Å². The number of hydrogen-bond donors (Lipinski definition) is 0. The second kappa shape index (κ2) is 2.16. The fraction of sp³-hybridized carbons (Fsp3) is 0.400. The van der Waals surface area contributed by atoms with Gasteiger partial charge in [0.1, 0.15) is 6.20 Å². The molecule has 0 spiro atoms. The van der Waals surface area contributed by atoms with Crippen LogP contribution in [0.3, 0.4) is 0 Å². The van der Waals surface area contributed by atoms with Gasteiger partial charge in [-0.05, 0) is 31.0 Å². The van der Waals surface area contributed by atoms with E-state index in [1.165, 1.54) is 5.56 Å². The van der Waals surface area contributed by atoms with Crippen LogP contribution in [-0.4, -0.2) is 22.8 Å². The van der Waals surface area contributed by atoms with Crippen LogP contribution in [0.1, 0.15) is 19.4 Å². The van der Waals surface area contributed by atoms with Crippen LogP contribution in [0.4, 0.5) is 5.82 Å². The lowest BCUT2D eigenvalue weighted by Crippen LogP contribution is -2.15. The third-order valence-electron chi connectivity index (χ3n) is 2.33. The summed E-state index contributed by atoms with van der Waals surface area (Å²) in [6.45, 7) is 4.41. The highest BCUT2D eigenvalue weighted by Crippen LogP contribution is 2.32. The summed E-state index contributed by atoms with van der Waals surface area (Å²) in [6.07, 6.45) is 4.04. The first-order valence-electron chi connectivity index (χ1n) is 4.15. The molecular weight excluding hydrogens is 148 g/mol. The third kappa shape index (κ3) is 0.876. The third-order valence-corrected chi connectivity index (χ3v) is 2.33. The summed E-state index contributed by atoms with van der Waals surface area (Å²) in [5, 5.41) is 0. The van der Waals surface area contributed by atoms with Crippen molar-refractivity contribution >= 4 is 12.0 Å². The van der Waals surface area contributed by atoms with Crippen molar-refractivity contribution in [3.63, 3.8) is 0 Å². The highest BCUT2D eigenvalue weighted by atomic mass is 15.1. The van der Waals surface area contributed by atoms with Crippen molar-refractivity contribution in [3.8, 4) is 0 Å². The van der Waals surface area contributed by atoms with E-state index in [1.807, 2.05) is 19.3 Å². The lowest BCUT2D eigenvalue weighted by Gasteiger charge is -2.10. The van der Waals surface area contributed by atoms with Gasteiger partial charge in [0.25, 0.3) is 0 Å². The quantitative estimate of drug-likeness (QED) is 0.529. The van der Waals surface area contributed by atoms with E-state index in [4.69, 9.17) is 0 Å². The molecule has 0 N–H and O–H groups in total. The average molecular weight is 161 g/mol. The van der Waals surface area contributed by atoms with Gasteiger partial charge < -0.3 is 0 Å². The summed E-state index contributed by atoms with van der Waals surface area (Å²) in [5.74, 6) is 1.09. The van der Waals surface area contributed by atoms with E-state index in [1.54, 1.807) is 0 Å². The van der Waals surface area contributed by atoms with E-state index in [-0.39, 0.29) is 5.41 Å². The summed E-state index contributed by atoms with van der Waals surface area (Å²) in [5.41, 5.74) is 1.45. The van der Waals surface area contributed by atoms with E-state index in [0.717, 1.165) is 5.82 Å². The van der Waals surface area contributed by atoms with Gasteiger partial charge in [-0.1, -0.05) is 0 Å². The minimum absolute atomic E-state index is 0.137. The molecule has 2 heteroatoms. The molecule has 2 heterocycles. The highest BCUT2D eigenvalue weighted by molar-refractivity contribution is 5.75. The molecule has 0 saturated heterocycles. The van der Waals surface area contributed by atoms with Gasteiger partial charge in [-0.25, -0.2) is 4.58 Å². The van der Waals surface area contributed by atoms with Gasteiger partial charge in [0.2, 0.25) is 0 Å². The highest BCUT2D eigenvalue weighted by Gasteiger charge is 2.34. The fourth-order valence-electron chi connectivity index (χ4n) is 1.80. The molecule has 2 rings (SSSR count). The Morgan fingerprint density at radius 1 is 1.42 bits per heavy atom. The molecule has 0 radical (unpaired) electrons. The van der Waals surface area contributed by atoms with Gasteiger partial charge in [0.05, 0.1) is 24.2 Å². The zero-order valence-electron chi connectivity index (χ0n) is 7.70. The maximum Gasteiger partial charge on any atom is 0.326 e. The first kappa shape index (κ1) is 7.47. The Hall–Kier alpha value is -1.18. The largest absolute Gasteiger partial charge is 0.326 e. The molecule has 1 aromatic rings. The van der Waals surface area contributed by atoms with Gasteiger partial charge in [0.15, 0.2) is 0 Å². The summed E-state index contributed by atoms with van der Waals surface area (Å²) in [6, 6.07) is 4.13. The van der Waals surface area contributed by atoms with E-state index in [9.17, 15) is 0 Å². The van der Waals surface area contributed by atoms with Gasteiger partial charge >= 0.3 is 5.82 Å². The number of aromatic nitrogens is 1. The molecular formula is C10H13N2+. The Morgan fingerprint density at radius 3 is 2.83 bits per heavy atom. The molecule has 12 heavy (non-hydrogen) atoms. The van der Waals surface area contributed by atoms with Crippen molar-refractivity contribution in [1.82, 2.24) is 4.98 Å². The van der Waals surface area contributed by atoms with Gasteiger partial charge in [-0.2, -0.15) is 0 Å². The predicted octanol–water partition coefficient (Wildman–Crippen LogP) is 1.72. The molecule has 2 nitrogen and oxygen atoms in total. The average Bonchev–Trinajstić information content (AvgIpc) is 2.25. The number of fused-ring (bicyclic) bond motifs is 1. The smallest absolute Gasteiger partial charge is 0.236 e. The number of pyridine rings is 1. The Balaban J connectivity index is 2.68. The molecule has 1 aliphatic rings. The summed E-state index contributed by atoms with van der Waals surface area (Å²) in [4.78, 5) is 4.33. The lowest BCUT2D eigenvalue weighted by molar-refractivity contribution is -0.401. The number of rotatable bonds is 0. The Morgan fingerprint density at radius 2 is 2.17 bits per heavy atom. The molecule has 0 unspecified atom stereocenters. The Labute approximate surface area is 72.6 Å². The monoisotopic (exact) mass is 161 g/mol. The molecule has 62 valence electrons. The summed E-state index contributed by atoms with van der Waals surface area (Å²) in [7, 11) is 2.04. The van der Waals surface area contributed by atoms with Crippen molar-refractivity contribution in [3.05, 3.63) is 23.9 Å². The predicted molar refractivity (Wildman–Crippen MR) is 49.2 cm³/mol. The van der Waals surface area contributed by atoms with Crippen molar-refractivity contribution in [2.45, 2.75) is 19.3 Å². The fourth-order valence-corrected chi connectivity index (χ4v) is 1.80. The molecule has 0 bridgehead atoms. The van der Waals surface area contributed by atoms with E-state index in [2.05, 4.69) is 35.7 Å². The number of hydrogen-bond acceptors (Lipinski definition) is 1. The second-order valence-electron chi connectivity index (χ2n) is 3.84. The van der Waals surface area contributed by atoms with Crippen LogP contribution in [0.2, 0.25) is 0 Å². The molecule has 1 aromatic heterocycles. The minimum atomic E-state index is 0.137. The van der Waals surface area contributed by atoms with Crippen molar-refractivity contribution in [1.29, 1.82) is 0 Å².